The molecule has 4 atom stereocenters. The van der Waals surface area contributed by atoms with Gasteiger partial charge >= 0.3 is 5.97 Å². The van der Waals surface area contributed by atoms with E-state index in [0.717, 1.165) is 10.7 Å². The molecule has 1 heterocycles. The van der Waals surface area contributed by atoms with E-state index in [4.69, 9.17) is 33.8 Å². The van der Waals surface area contributed by atoms with Crippen LogP contribution in [0, 0.1) is 50.6 Å². The summed E-state index contributed by atoms with van der Waals surface area (Å²) in [4.78, 5) is 30.2. The van der Waals surface area contributed by atoms with Crippen molar-refractivity contribution in [2.24, 2.45) is 0 Å². The zero-order chi connectivity index (χ0) is 22.5. The van der Waals surface area contributed by atoms with Crippen LogP contribution in [0.25, 0.3) is 10.6 Å². The molecular weight excluding hydrogens is 614 g/mol. The molecule has 1 N–H and O–H groups in total. The zero-order valence-electron chi connectivity index (χ0n) is 18.4. The summed E-state index contributed by atoms with van der Waals surface area (Å²) in [6.45, 7) is 9.97. The molecule has 0 bridgehead atoms. The SMILES string of the molecule is [2H]C([3H])OCC(COP(C)CCC[N+]#[C-])OC(COC(C)=O)n1ccc([NH-])nc1=O.[Ac]. The minimum Gasteiger partial charge on any atom is -0.482 e. The molecule has 1 aromatic rings. The number of hydrogen-bond acceptors (Lipinski definition) is 7. The Hall–Kier alpha value is -0.608. The van der Waals surface area contributed by atoms with Crippen LogP contribution in [0.5, 0.6) is 0 Å². The Bertz CT molecular complexity index is 767. The molecule has 10 nitrogen and oxygen atoms in total. The molecule has 0 amide bonds. The Morgan fingerprint density at radius 1 is 1.55 bits per heavy atom. The number of aromatic nitrogens is 2. The van der Waals surface area contributed by atoms with Crippen LogP contribution in [0.1, 0.15) is 22.3 Å². The fourth-order valence-corrected chi connectivity index (χ4v) is 3.25. The molecule has 0 aliphatic rings. The van der Waals surface area contributed by atoms with Gasteiger partial charge in [-0.15, -0.1) is 0 Å². The largest absolute Gasteiger partial charge is 0.482 e. The molecule has 1 rings (SSSR count). The van der Waals surface area contributed by atoms with E-state index in [1.807, 2.05) is 6.66 Å². The second kappa shape index (κ2) is 16.1. The third-order valence-electron chi connectivity index (χ3n) is 3.42. The molecule has 1 radical (unpaired) electrons. The number of nitrogens with one attached hydrogen (secondary N) is 1. The van der Waals surface area contributed by atoms with E-state index in [-0.39, 0.29) is 69.7 Å². The van der Waals surface area contributed by atoms with E-state index < -0.39 is 39.2 Å². The first-order valence-corrected chi connectivity index (χ1v) is 10.3. The van der Waals surface area contributed by atoms with Crippen LogP contribution in [0.15, 0.2) is 17.1 Å². The quantitative estimate of drug-likeness (QED) is 0.140. The van der Waals surface area contributed by atoms with Crippen LogP contribution >= 0.6 is 8.15 Å². The van der Waals surface area contributed by atoms with Gasteiger partial charge in [-0.1, -0.05) is 5.82 Å². The molecule has 4 unspecified atom stereocenters. The molecule has 0 fully saturated rings. The van der Waals surface area contributed by atoms with E-state index in [9.17, 15) is 9.59 Å². The standard InChI is InChI=1S/C17H27N4O6P.Ac/c1-13(22)25-12-16(21-8-6-15(18)20-17(21)23)27-14(10-24-3)11-26-28(4)9-5-7-19-2;/h6,8,14,16H,5,7,9-12H2,1,3-4H3,(H2,18,20,23);/p-1/i3TD;. The maximum atomic E-state index is 12.2. The number of hydrogen-bond donors (Lipinski definition) is 0. The number of esters is 1. The topological polar surface area (TPSA) is 117 Å². The van der Waals surface area contributed by atoms with E-state index in [1.54, 1.807) is 0 Å². The van der Waals surface area contributed by atoms with Crippen LogP contribution in [0.4, 0.5) is 5.82 Å². The summed E-state index contributed by atoms with van der Waals surface area (Å²) < 4.78 is 37.1. The fraction of sp³-hybridized carbons (Fsp3) is 0.647. The predicted octanol–water partition coefficient (Wildman–Crippen LogP) is 2.37. The van der Waals surface area contributed by atoms with Gasteiger partial charge in [-0.25, -0.2) is 6.57 Å². The van der Waals surface area contributed by atoms with Crippen molar-refractivity contribution >= 4 is 19.9 Å². The number of carbonyl (C=O) groups excluding carboxylic acids is 1. The third kappa shape index (κ3) is 12.0. The van der Waals surface area contributed by atoms with E-state index in [1.165, 1.54) is 19.2 Å². The molecule has 159 valence electrons. The molecular formula is C17H26AcN4O6P-. The van der Waals surface area contributed by atoms with Crippen molar-refractivity contribution in [1.82, 2.24) is 9.55 Å². The Balaban J connectivity index is 0.00000900. The Morgan fingerprint density at radius 3 is 2.93 bits per heavy atom. The minimum atomic E-state index is -1.53. The summed E-state index contributed by atoms with van der Waals surface area (Å²) in [6, 6.07) is 1.29. The summed E-state index contributed by atoms with van der Waals surface area (Å²) in [5.41, 5.74) is 6.68. The van der Waals surface area contributed by atoms with Crippen molar-refractivity contribution in [3.05, 3.63) is 39.9 Å². The summed E-state index contributed by atoms with van der Waals surface area (Å²) in [5, 5.41) is 0. The van der Waals surface area contributed by atoms with Crippen molar-refractivity contribution in [1.29, 1.82) is 0 Å². The van der Waals surface area contributed by atoms with Crippen LogP contribution in [0.3, 0.4) is 0 Å². The monoisotopic (exact) mass is 643 g/mol. The number of methoxy groups -OCH3 is 1. The second-order valence-corrected chi connectivity index (χ2v) is 7.70. The van der Waals surface area contributed by atoms with E-state index in [0.29, 0.717) is 13.0 Å². The normalized spacial score (nSPS) is 15.6. The Labute approximate surface area is 210 Å². The van der Waals surface area contributed by atoms with E-state index >= 15 is 0 Å². The van der Waals surface area contributed by atoms with Crippen LogP contribution < -0.4 is 5.69 Å². The van der Waals surface area contributed by atoms with Crippen LogP contribution in [-0.2, 0) is 23.5 Å². The first-order valence-electron chi connectivity index (χ1n) is 9.61. The molecule has 1 aromatic heterocycles. The van der Waals surface area contributed by atoms with Gasteiger partial charge in [0.15, 0.2) is 6.23 Å². The molecule has 0 saturated carbocycles. The molecule has 0 aromatic carbocycles. The minimum absolute atomic E-state index is 0. The Morgan fingerprint density at radius 2 is 2.31 bits per heavy atom. The van der Waals surface area contributed by atoms with Crippen LogP contribution in [0.2, 0.25) is 0 Å². The Kier molecular flexibility index (Phi) is 13.7. The van der Waals surface area contributed by atoms with Gasteiger partial charge in [0.25, 0.3) is 0 Å². The van der Waals surface area contributed by atoms with Crippen molar-refractivity contribution in [3.8, 4) is 0 Å². The number of rotatable bonds is 13. The number of ether oxygens (including phenoxy) is 3. The first-order chi connectivity index (χ1) is 14.2. The van der Waals surface area contributed by atoms with Gasteiger partial charge in [-0.05, 0) is 18.9 Å². The third-order valence-corrected chi connectivity index (χ3v) is 4.96. The molecule has 0 aliphatic carbocycles. The van der Waals surface area contributed by atoms with Crippen molar-refractivity contribution < 1.29 is 70.3 Å². The van der Waals surface area contributed by atoms with Gasteiger partial charge in [-0.3, -0.25) is 14.2 Å². The van der Waals surface area contributed by atoms with Gasteiger partial charge in [0.05, 0.1) is 16.0 Å². The van der Waals surface area contributed by atoms with Gasteiger partial charge in [0, 0.05) is 78.8 Å². The van der Waals surface area contributed by atoms with Gasteiger partial charge < -0.3 is 34.3 Å². The average Bonchev–Trinajstić information content (AvgIpc) is 2.67. The molecule has 0 saturated heterocycles. The van der Waals surface area contributed by atoms with Gasteiger partial charge in [0.1, 0.15) is 12.7 Å². The number of carbonyl (C=O) groups is 1. The maximum absolute atomic E-state index is 12.2. The van der Waals surface area contributed by atoms with Gasteiger partial charge in [0.2, 0.25) is 12.2 Å². The summed E-state index contributed by atoms with van der Waals surface area (Å²) in [7, 11) is -2.35. The van der Waals surface area contributed by atoms with Gasteiger partial charge in [-0.2, -0.15) is 0 Å². The van der Waals surface area contributed by atoms with E-state index in [2.05, 4.69) is 9.83 Å². The average molecular weight is 643 g/mol. The zero-order valence-corrected chi connectivity index (χ0v) is 22.1. The second-order valence-electron chi connectivity index (χ2n) is 5.73. The first kappa shape index (κ1) is 24.7. The van der Waals surface area contributed by atoms with Crippen molar-refractivity contribution in [2.75, 3.05) is 46.3 Å². The summed E-state index contributed by atoms with van der Waals surface area (Å²) in [6.07, 6.45) is 0.921. The number of nitrogens with zero attached hydrogens (tertiary/aromatic N) is 3. The fourth-order valence-electron chi connectivity index (χ4n) is 2.11. The van der Waals surface area contributed by atoms with Crippen molar-refractivity contribution in [2.45, 2.75) is 25.7 Å². The van der Waals surface area contributed by atoms with Crippen LogP contribution in [-0.4, -0.2) is 67.9 Å². The summed E-state index contributed by atoms with van der Waals surface area (Å²) >= 11 is 0. The molecule has 0 aliphatic heterocycles. The maximum Gasteiger partial charge on any atom is 0.302 e. The van der Waals surface area contributed by atoms with Crippen molar-refractivity contribution in [3.63, 3.8) is 0 Å². The smallest absolute Gasteiger partial charge is 0.302 e. The molecule has 29 heavy (non-hydrogen) atoms. The molecule has 12 heteroatoms. The summed E-state index contributed by atoms with van der Waals surface area (Å²) in [5.74, 6) is -0.784. The molecule has 0 spiro atoms. The predicted molar refractivity (Wildman–Crippen MR) is 105 cm³/mol.